The maximum atomic E-state index is 17.7. The molecule has 0 spiro atoms. The summed E-state index contributed by atoms with van der Waals surface area (Å²) in [6, 6.07) is 12.6. The zero-order valence-corrected chi connectivity index (χ0v) is 28.0. The Hall–Kier alpha value is -4.30. The molecule has 0 radical (unpaired) electrons. The quantitative estimate of drug-likeness (QED) is 0.187. The minimum absolute atomic E-state index is 0.0303. The number of ketones is 2. The number of esters is 1. The number of hydrogen-bond donors (Lipinski definition) is 4. The molecule has 11 nitrogen and oxygen atoms in total. The number of aliphatic hydroxyl groups excluding tert-OH is 2. The van der Waals surface area contributed by atoms with Gasteiger partial charge in [0, 0.05) is 33.6 Å². The van der Waals surface area contributed by atoms with Crippen LogP contribution in [-0.2, 0) is 46.4 Å². The first-order valence-corrected chi connectivity index (χ1v) is 16.9. The molecule has 4 fully saturated rings. The number of carboxylic acid groups (broad SMARTS) is 1. The van der Waals surface area contributed by atoms with Gasteiger partial charge in [0.25, 0.3) is 0 Å². The molecule has 270 valence electrons. The second-order valence-corrected chi connectivity index (χ2v) is 14.8. The average molecular weight is 708 g/mol. The first-order valence-electron chi connectivity index (χ1n) is 16.9. The van der Waals surface area contributed by atoms with Gasteiger partial charge in [-0.25, -0.2) is 18.4 Å². The molecule has 7 rings (SSSR count). The van der Waals surface area contributed by atoms with Crippen LogP contribution in [0.5, 0.6) is 0 Å². The molecule has 51 heavy (non-hydrogen) atoms. The van der Waals surface area contributed by atoms with Crippen LogP contribution in [-0.4, -0.2) is 75.1 Å². The summed E-state index contributed by atoms with van der Waals surface area (Å²) < 4.78 is 51.5. The minimum Gasteiger partial charge on any atom is -0.473 e. The molecule has 4 aliphatic carbocycles. The molecule has 13 heteroatoms. The number of rotatable bonds is 7. The second-order valence-electron chi connectivity index (χ2n) is 14.8. The van der Waals surface area contributed by atoms with Crippen molar-refractivity contribution < 1.29 is 57.5 Å². The largest absolute Gasteiger partial charge is 0.473 e. The molecule has 0 amide bonds. The lowest BCUT2D eigenvalue weighted by Crippen LogP contribution is -2.70. The number of ether oxygens (including phenoxy) is 3. The van der Waals surface area contributed by atoms with Gasteiger partial charge in [-0.3, -0.25) is 9.59 Å². The predicted octanol–water partition coefficient (Wildman–Crippen LogP) is 3.63. The lowest BCUT2D eigenvalue weighted by molar-refractivity contribution is -0.235. The molecule has 1 aliphatic heterocycles. The van der Waals surface area contributed by atoms with E-state index in [0.717, 1.165) is 17.2 Å². The number of benzene rings is 2. The van der Waals surface area contributed by atoms with E-state index in [0.29, 0.717) is 23.2 Å². The number of hydrogen-bond acceptors (Lipinski definition) is 10. The summed E-state index contributed by atoms with van der Waals surface area (Å²) in [6.07, 6.45) is -2.14. The van der Waals surface area contributed by atoms with Crippen LogP contribution < -0.4 is 5.73 Å². The molecule has 1 heterocycles. The number of halogens is 2. The lowest BCUT2D eigenvalue weighted by atomic mass is 9.44. The van der Waals surface area contributed by atoms with Gasteiger partial charge < -0.3 is 35.3 Å². The van der Waals surface area contributed by atoms with E-state index in [1.165, 1.54) is 19.1 Å². The highest BCUT2D eigenvalue weighted by atomic mass is 19.1. The van der Waals surface area contributed by atoms with Crippen molar-refractivity contribution >= 4 is 29.2 Å². The van der Waals surface area contributed by atoms with Crippen LogP contribution in [0, 0.1) is 22.7 Å². The number of carboxylic acids is 1. The van der Waals surface area contributed by atoms with E-state index in [1.54, 1.807) is 31.2 Å². The SMILES string of the molecule is C[C@]12C=CC(=O)C=C1[C@@H](F)C[C@H]1[C@@H]3C[C@H]4O[C@@H](c5ccc(Cc6ccc(CO)c(N)c6)cc5)O[C@@]4(C(=O)COC(=O)C(=O)O)[C@@]3(C)C[C@H](O)[C@@]12F. The van der Waals surface area contributed by atoms with Crippen LogP contribution in [0.3, 0.4) is 0 Å². The smallest absolute Gasteiger partial charge is 0.417 e. The van der Waals surface area contributed by atoms with Crippen LogP contribution in [0.2, 0.25) is 0 Å². The zero-order valence-electron chi connectivity index (χ0n) is 28.0. The van der Waals surface area contributed by atoms with Crippen molar-refractivity contribution in [1.29, 1.82) is 0 Å². The minimum atomic E-state index is -2.42. The van der Waals surface area contributed by atoms with Crippen molar-refractivity contribution in [2.45, 2.75) is 82.1 Å². The number of aliphatic hydroxyl groups is 2. The Bertz CT molecular complexity index is 1880. The number of Topliss-reactive ketones (excluding diaryl/α,β-unsaturated/α-hetero) is 1. The molecule has 0 aromatic heterocycles. The molecule has 2 aromatic rings. The molecule has 3 saturated carbocycles. The Morgan fingerprint density at radius 3 is 2.43 bits per heavy atom. The van der Waals surface area contributed by atoms with Crippen LogP contribution in [0.4, 0.5) is 14.5 Å². The number of nitrogens with two attached hydrogens (primary N) is 1. The number of alkyl halides is 2. The highest BCUT2D eigenvalue weighted by Gasteiger charge is 2.80. The highest BCUT2D eigenvalue weighted by Crippen LogP contribution is 2.72. The van der Waals surface area contributed by atoms with Gasteiger partial charge in [0.2, 0.25) is 5.78 Å². The van der Waals surface area contributed by atoms with Gasteiger partial charge in [-0.1, -0.05) is 49.4 Å². The van der Waals surface area contributed by atoms with Crippen molar-refractivity contribution in [2.24, 2.45) is 22.7 Å². The van der Waals surface area contributed by atoms with Crippen LogP contribution in [0.1, 0.15) is 61.7 Å². The number of nitrogen functional groups attached to an aromatic ring is 1. The number of carbonyl (C=O) groups is 4. The molecule has 10 atom stereocenters. The number of fused-ring (bicyclic) bond motifs is 7. The molecular weight excluding hydrogens is 668 g/mol. The van der Waals surface area contributed by atoms with E-state index >= 15 is 8.78 Å². The third-order valence-corrected chi connectivity index (χ3v) is 12.3. The van der Waals surface area contributed by atoms with Gasteiger partial charge in [0.1, 0.15) is 6.17 Å². The van der Waals surface area contributed by atoms with Crippen LogP contribution in [0.25, 0.3) is 0 Å². The van der Waals surface area contributed by atoms with Gasteiger partial charge in [-0.05, 0) is 73.4 Å². The maximum Gasteiger partial charge on any atom is 0.417 e. The number of carbonyl (C=O) groups excluding carboxylic acids is 3. The van der Waals surface area contributed by atoms with Crippen molar-refractivity contribution in [3.63, 3.8) is 0 Å². The average Bonchev–Trinajstić information content (AvgIpc) is 3.59. The molecule has 5 aliphatic rings. The van der Waals surface area contributed by atoms with Crippen molar-refractivity contribution in [1.82, 2.24) is 0 Å². The van der Waals surface area contributed by atoms with Gasteiger partial charge in [-0.2, -0.15) is 0 Å². The summed E-state index contributed by atoms with van der Waals surface area (Å²) in [5.74, 6) is -6.76. The number of anilines is 1. The Labute approximate surface area is 292 Å². The Balaban J connectivity index is 1.22. The zero-order chi connectivity index (χ0) is 36.7. The second kappa shape index (κ2) is 12.1. The van der Waals surface area contributed by atoms with Gasteiger partial charge in [-0.15, -0.1) is 0 Å². The highest BCUT2D eigenvalue weighted by molar-refractivity contribution is 6.28. The first-order chi connectivity index (χ1) is 24.1. The maximum absolute atomic E-state index is 17.7. The summed E-state index contributed by atoms with van der Waals surface area (Å²) in [7, 11) is 0. The van der Waals surface area contributed by atoms with E-state index in [4.69, 9.17) is 25.1 Å². The third-order valence-electron chi connectivity index (χ3n) is 12.3. The van der Waals surface area contributed by atoms with Crippen LogP contribution >= 0.6 is 0 Å². The first kappa shape index (κ1) is 35.1. The summed E-state index contributed by atoms with van der Waals surface area (Å²) in [5, 5.41) is 30.3. The molecule has 1 saturated heterocycles. The van der Waals surface area contributed by atoms with Crippen molar-refractivity contribution in [3.8, 4) is 0 Å². The van der Waals surface area contributed by atoms with Crippen molar-refractivity contribution in [3.05, 3.63) is 88.5 Å². The van der Waals surface area contributed by atoms with Gasteiger partial charge in [0.05, 0.1) is 18.8 Å². The fourth-order valence-electron chi connectivity index (χ4n) is 9.82. The Kier molecular flexibility index (Phi) is 8.36. The molecule has 5 N–H and O–H groups in total. The van der Waals surface area contributed by atoms with Gasteiger partial charge >= 0.3 is 11.9 Å². The van der Waals surface area contributed by atoms with Gasteiger partial charge in [0.15, 0.2) is 29.9 Å². The fraction of sp³-hybridized carbons (Fsp3) is 0.474. The van der Waals surface area contributed by atoms with E-state index < -0.39 is 88.7 Å². The number of aliphatic carboxylic acids is 1. The fourth-order valence-corrected chi connectivity index (χ4v) is 9.82. The Morgan fingerprint density at radius 2 is 1.76 bits per heavy atom. The Morgan fingerprint density at radius 1 is 1.06 bits per heavy atom. The van der Waals surface area contributed by atoms with E-state index in [9.17, 15) is 29.4 Å². The predicted molar refractivity (Wildman–Crippen MR) is 175 cm³/mol. The topological polar surface area (TPSA) is 183 Å². The molecular formula is C38H39F2NO10. The molecule has 0 bridgehead atoms. The normalized spacial score (nSPS) is 37.8. The van der Waals surface area contributed by atoms with Crippen molar-refractivity contribution in [2.75, 3.05) is 12.3 Å². The summed E-state index contributed by atoms with van der Waals surface area (Å²) in [4.78, 5) is 49.6. The van der Waals surface area contributed by atoms with E-state index in [-0.39, 0.29) is 31.4 Å². The summed E-state index contributed by atoms with van der Waals surface area (Å²) in [5.41, 5.74) is 2.09. The molecule has 0 unspecified atom stereocenters. The summed E-state index contributed by atoms with van der Waals surface area (Å²) >= 11 is 0. The monoisotopic (exact) mass is 707 g/mol. The van der Waals surface area contributed by atoms with E-state index in [2.05, 4.69) is 0 Å². The standard InChI is InChI=1S/C38H39F2NO10/c1-35-10-9-23(43)13-26(35)27(39)14-25-24-15-31-38(30(45)18-49-33(48)32(46)47,36(24,2)16-29(44)37(25,35)40)51-34(50-31)21-6-3-19(4-7-21)11-20-5-8-22(17-42)28(41)12-20/h3-10,12-13,24-25,27,29,31,34,42,44H,11,14-18,41H2,1-2H3,(H,46,47)/t24-,25-,27-,29-,31+,34+,35-,36-,37-,38+/m0/s1. The van der Waals surface area contributed by atoms with E-state index in [1.807, 2.05) is 18.2 Å². The summed E-state index contributed by atoms with van der Waals surface area (Å²) in [6.45, 7) is 1.97. The number of allylic oxidation sites excluding steroid dienone is 4. The lowest BCUT2D eigenvalue weighted by Gasteiger charge is -2.63. The molecule has 2 aromatic carbocycles. The van der Waals surface area contributed by atoms with Crippen LogP contribution in [0.15, 0.2) is 66.3 Å². The third kappa shape index (κ3) is 5.03.